The van der Waals surface area contributed by atoms with E-state index in [2.05, 4.69) is 27.1 Å². The van der Waals surface area contributed by atoms with Gasteiger partial charge in [-0.05, 0) is 29.5 Å². The summed E-state index contributed by atoms with van der Waals surface area (Å²) in [6.45, 7) is 0.961. The molecule has 2 rings (SSSR count). The molecule has 14 heavy (non-hydrogen) atoms. The van der Waals surface area contributed by atoms with Crippen LogP contribution in [0.25, 0.3) is 0 Å². The highest BCUT2D eigenvalue weighted by Crippen LogP contribution is 2.42. The lowest BCUT2D eigenvalue weighted by molar-refractivity contribution is 0.379. The summed E-state index contributed by atoms with van der Waals surface area (Å²) in [5.74, 6) is 0.755. The molecule has 1 saturated carbocycles. The van der Waals surface area contributed by atoms with Gasteiger partial charge in [0.15, 0.2) is 0 Å². The predicted molar refractivity (Wildman–Crippen MR) is 57.4 cm³/mol. The van der Waals surface area contributed by atoms with Crippen LogP contribution in [-0.4, -0.2) is 37.8 Å². The number of nitrogens with zero attached hydrogens (tertiary/aromatic N) is 4. The molecular weight excluding hydrogens is 198 g/mol. The number of nitrogens with one attached hydrogen (secondary N) is 1. The summed E-state index contributed by atoms with van der Waals surface area (Å²) in [5.41, 5.74) is 0. The first kappa shape index (κ1) is 9.76. The van der Waals surface area contributed by atoms with Gasteiger partial charge in [-0.1, -0.05) is 11.5 Å². The number of anilines is 1. The second-order valence-corrected chi connectivity index (χ2v) is 4.99. The van der Waals surface area contributed by atoms with Crippen molar-refractivity contribution in [1.29, 1.82) is 0 Å². The molecule has 1 N–H and O–H groups in total. The summed E-state index contributed by atoms with van der Waals surface area (Å²) in [5, 5.41) is 14.5. The van der Waals surface area contributed by atoms with Gasteiger partial charge in [0, 0.05) is 18.3 Å². The van der Waals surface area contributed by atoms with Crippen molar-refractivity contribution in [2.45, 2.75) is 24.0 Å². The Labute approximate surface area is 87.6 Å². The largest absolute Gasteiger partial charge is 0.352 e. The second-order valence-electron chi connectivity index (χ2n) is 3.72. The molecule has 0 spiro atoms. The fraction of sp³-hybridized carbons (Fsp3) is 0.875. The molecule has 1 aliphatic rings. The zero-order chi connectivity index (χ0) is 10.0. The molecule has 0 unspecified atom stereocenters. The number of aryl methyl sites for hydroxylation is 1. The minimum Gasteiger partial charge on any atom is -0.352 e. The summed E-state index contributed by atoms with van der Waals surface area (Å²) in [7, 11) is 1.84. The summed E-state index contributed by atoms with van der Waals surface area (Å²) in [6.07, 6.45) is 6.12. The highest BCUT2D eigenvalue weighted by Gasteiger charge is 2.36. The number of rotatable bonds is 4. The maximum Gasteiger partial charge on any atom is 0.242 e. The number of tetrazole rings is 1. The molecule has 1 aromatic heterocycles. The maximum absolute atomic E-state index is 3.89. The Morgan fingerprint density at radius 1 is 1.57 bits per heavy atom. The van der Waals surface area contributed by atoms with E-state index in [-0.39, 0.29) is 0 Å². The van der Waals surface area contributed by atoms with E-state index in [4.69, 9.17) is 0 Å². The normalized spacial score (nSPS) is 19.0. The van der Waals surface area contributed by atoms with Gasteiger partial charge in [-0.2, -0.15) is 11.8 Å². The average Bonchev–Trinajstić information content (AvgIpc) is 2.51. The van der Waals surface area contributed by atoms with Gasteiger partial charge in [0.05, 0.1) is 0 Å². The zero-order valence-corrected chi connectivity index (χ0v) is 9.34. The van der Waals surface area contributed by atoms with E-state index in [0.29, 0.717) is 4.75 Å². The van der Waals surface area contributed by atoms with Crippen molar-refractivity contribution in [2.75, 3.05) is 18.1 Å². The highest BCUT2D eigenvalue weighted by atomic mass is 32.2. The van der Waals surface area contributed by atoms with Crippen molar-refractivity contribution >= 4 is 17.7 Å². The van der Waals surface area contributed by atoms with Gasteiger partial charge < -0.3 is 5.32 Å². The summed E-state index contributed by atoms with van der Waals surface area (Å²) >= 11 is 1.95. The van der Waals surface area contributed by atoms with E-state index in [1.165, 1.54) is 19.3 Å². The fourth-order valence-electron chi connectivity index (χ4n) is 1.64. The van der Waals surface area contributed by atoms with Crippen molar-refractivity contribution in [3.05, 3.63) is 0 Å². The smallest absolute Gasteiger partial charge is 0.242 e. The first-order valence-electron chi connectivity index (χ1n) is 4.77. The van der Waals surface area contributed by atoms with Crippen LogP contribution in [-0.2, 0) is 7.05 Å². The van der Waals surface area contributed by atoms with Crippen molar-refractivity contribution in [3.63, 3.8) is 0 Å². The minimum absolute atomic E-state index is 0.423. The van der Waals surface area contributed by atoms with Crippen LogP contribution in [0.3, 0.4) is 0 Å². The molecule has 0 aliphatic heterocycles. The molecule has 1 aliphatic carbocycles. The molecule has 0 aromatic carbocycles. The Kier molecular flexibility index (Phi) is 2.62. The first-order chi connectivity index (χ1) is 6.76. The second kappa shape index (κ2) is 3.76. The molecule has 0 bridgehead atoms. The van der Waals surface area contributed by atoms with Crippen LogP contribution in [0.4, 0.5) is 5.95 Å². The molecule has 5 nitrogen and oxygen atoms in total. The molecule has 1 fully saturated rings. The van der Waals surface area contributed by atoms with Crippen LogP contribution < -0.4 is 5.32 Å². The molecule has 0 atom stereocenters. The van der Waals surface area contributed by atoms with Crippen molar-refractivity contribution in [3.8, 4) is 0 Å². The zero-order valence-electron chi connectivity index (χ0n) is 8.53. The molecule has 0 radical (unpaired) electrons. The summed E-state index contributed by atoms with van der Waals surface area (Å²) in [6, 6.07) is 0. The van der Waals surface area contributed by atoms with Crippen LogP contribution >= 0.6 is 11.8 Å². The monoisotopic (exact) mass is 213 g/mol. The molecule has 1 aromatic rings. The third kappa shape index (κ3) is 1.70. The standard InChI is InChI=1S/C8H15N5S/c1-13-7(10-11-12-13)9-6-8(14-2)4-3-5-8/h3-6H2,1-2H3,(H,9,10,12). The van der Waals surface area contributed by atoms with E-state index >= 15 is 0 Å². The third-order valence-corrected chi connectivity index (χ3v) is 4.31. The van der Waals surface area contributed by atoms with Crippen molar-refractivity contribution in [2.24, 2.45) is 7.05 Å². The van der Waals surface area contributed by atoms with Crippen LogP contribution in [0.1, 0.15) is 19.3 Å². The van der Waals surface area contributed by atoms with Crippen molar-refractivity contribution < 1.29 is 0 Å². The van der Waals surface area contributed by atoms with Gasteiger partial charge in [-0.15, -0.1) is 0 Å². The Hall–Kier alpha value is -0.780. The van der Waals surface area contributed by atoms with E-state index < -0.39 is 0 Å². The maximum atomic E-state index is 3.89. The summed E-state index contributed by atoms with van der Waals surface area (Å²) in [4.78, 5) is 0. The molecule has 78 valence electrons. The Bertz CT molecular complexity index is 301. The number of hydrogen-bond donors (Lipinski definition) is 1. The molecule has 1 heterocycles. The third-order valence-electron chi connectivity index (χ3n) is 2.89. The first-order valence-corrected chi connectivity index (χ1v) is 6.00. The van der Waals surface area contributed by atoms with Crippen LogP contribution in [0.2, 0.25) is 0 Å². The van der Waals surface area contributed by atoms with Gasteiger partial charge >= 0.3 is 0 Å². The molecule has 0 amide bonds. The lowest BCUT2D eigenvalue weighted by Crippen LogP contribution is -2.40. The number of thioether (sulfide) groups is 1. The Morgan fingerprint density at radius 3 is 2.79 bits per heavy atom. The lowest BCUT2D eigenvalue weighted by Gasteiger charge is -2.40. The number of aromatic nitrogens is 4. The van der Waals surface area contributed by atoms with Gasteiger partial charge in [-0.3, -0.25) is 0 Å². The average molecular weight is 213 g/mol. The SMILES string of the molecule is CSC1(CNc2nnnn2C)CCC1. The Balaban J connectivity index is 1.90. The van der Waals surface area contributed by atoms with Gasteiger partial charge in [0.2, 0.25) is 5.95 Å². The number of hydrogen-bond acceptors (Lipinski definition) is 5. The quantitative estimate of drug-likeness (QED) is 0.805. The van der Waals surface area contributed by atoms with E-state index in [1.807, 2.05) is 18.8 Å². The van der Waals surface area contributed by atoms with E-state index in [9.17, 15) is 0 Å². The summed E-state index contributed by atoms with van der Waals surface area (Å²) < 4.78 is 2.08. The molecular formula is C8H15N5S. The lowest BCUT2D eigenvalue weighted by atomic mass is 9.84. The van der Waals surface area contributed by atoms with E-state index in [0.717, 1.165) is 12.5 Å². The van der Waals surface area contributed by atoms with Crippen molar-refractivity contribution in [1.82, 2.24) is 20.2 Å². The van der Waals surface area contributed by atoms with E-state index in [1.54, 1.807) is 4.68 Å². The Morgan fingerprint density at radius 2 is 2.36 bits per heavy atom. The van der Waals surface area contributed by atoms with Gasteiger partial charge in [0.1, 0.15) is 0 Å². The van der Waals surface area contributed by atoms with Gasteiger partial charge in [0.25, 0.3) is 0 Å². The van der Waals surface area contributed by atoms with Crippen LogP contribution in [0, 0.1) is 0 Å². The van der Waals surface area contributed by atoms with Crippen LogP contribution in [0.5, 0.6) is 0 Å². The molecule has 6 heteroatoms. The molecule has 0 saturated heterocycles. The highest BCUT2D eigenvalue weighted by molar-refractivity contribution is 8.00. The topological polar surface area (TPSA) is 55.6 Å². The minimum atomic E-state index is 0.423. The van der Waals surface area contributed by atoms with Crippen LogP contribution in [0.15, 0.2) is 0 Å². The van der Waals surface area contributed by atoms with Gasteiger partial charge in [-0.25, -0.2) is 4.68 Å². The predicted octanol–water partition coefficient (Wildman–Crippen LogP) is 0.908. The fourth-order valence-corrected chi connectivity index (χ4v) is 2.56.